The van der Waals surface area contributed by atoms with Crippen molar-refractivity contribution in [2.24, 2.45) is 0 Å². The van der Waals surface area contributed by atoms with Crippen LogP contribution in [0.4, 0.5) is 5.82 Å². The van der Waals surface area contributed by atoms with E-state index in [1.807, 2.05) is 0 Å². The summed E-state index contributed by atoms with van der Waals surface area (Å²) in [4.78, 5) is 16.4. The first-order valence-electron chi connectivity index (χ1n) is 13.0. The van der Waals surface area contributed by atoms with Crippen LogP contribution in [0.5, 0.6) is 0 Å². The highest BCUT2D eigenvalue weighted by Crippen LogP contribution is 2.29. The SMILES string of the molecule is CCCCCCCCCCCCCCCC(=O)Nc1ccn([C@@H]2O[C@H](CO)[C@@H](O)[C@@H]2O)c(=S)n1. The number of aliphatic hydroxyl groups is 3. The van der Waals surface area contributed by atoms with Gasteiger partial charge in [0.2, 0.25) is 10.7 Å². The maximum Gasteiger partial charge on any atom is 0.225 e. The average molecular weight is 498 g/mol. The number of ether oxygens (including phenoxy) is 1. The first-order valence-corrected chi connectivity index (χ1v) is 13.4. The summed E-state index contributed by atoms with van der Waals surface area (Å²) in [5.41, 5.74) is 0. The van der Waals surface area contributed by atoms with E-state index in [9.17, 15) is 20.1 Å². The van der Waals surface area contributed by atoms with Crippen molar-refractivity contribution in [3.63, 3.8) is 0 Å². The minimum absolute atomic E-state index is 0.101. The molecule has 0 aliphatic carbocycles. The molecule has 0 bridgehead atoms. The predicted molar refractivity (Wildman–Crippen MR) is 135 cm³/mol. The normalized spacial score (nSPS) is 22.2. The Morgan fingerprint density at radius 2 is 1.56 bits per heavy atom. The van der Waals surface area contributed by atoms with Gasteiger partial charge in [-0.3, -0.25) is 9.36 Å². The molecule has 0 spiro atoms. The number of carbonyl (C=O) groups is 1. The summed E-state index contributed by atoms with van der Waals surface area (Å²) in [5.74, 6) is 0.239. The lowest BCUT2D eigenvalue weighted by molar-refractivity contribution is -0.116. The van der Waals surface area contributed by atoms with Crippen molar-refractivity contribution in [1.29, 1.82) is 0 Å². The van der Waals surface area contributed by atoms with E-state index in [4.69, 9.17) is 17.0 Å². The number of nitrogens with one attached hydrogen (secondary N) is 1. The van der Waals surface area contributed by atoms with Crippen LogP contribution in [0.2, 0.25) is 0 Å². The monoisotopic (exact) mass is 497 g/mol. The van der Waals surface area contributed by atoms with Crippen LogP contribution >= 0.6 is 12.2 Å². The minimum Gasteiger partial charge on any atom is -0.394 e. The van der Waals surface area contributed by atoms with Gasteiger partial charge in [0.1, 0.15) is 24.1 Å². The van der Waals surface area contributed by atoms with Gasteiger partial charge in [-0.15, -0.1) is 0 Å². The zero-order valence-corrected chi connectivity index (χ0v) is 21.3. The molecule has 8 nitrogen and oxygen atoms in total. The van der Waals surface area contributed by atoms with E-state index in [-0.39, 0.29) is 10.7 Å². The molecule has 1 amide bonds. The lowest BCUT2D eigenvalue weighted by Crippen LogP contribution is -2.33. The lowest BCUT2D eigenvalue weighted by atomic mass is 10.0. The van der Waals surface area contributed by atoms with Gasteiger partial charge in [0.15, 0.2) is 6.23 Å². The third kappa shape index (κ3) is 9.70. The summed E-state index contributed by atoms with van der Waals surface area (Å²) in [6.45, 7) is 1.84. The van der Waals surface area contributed by atoms with Crippen molar-refractivity contribution in [1.82, 2.24) is 9.55 Å². The number of rotatable bonds is 17. The maximum atomic E-state index is 12.2. The molecule has 194 valence electrons. The van der Waals surface area contributed by atoms with Gasteiger partial charge in [0, 0.05) is 12.6 Å². The van der Waals surface area contributed by atoms with E-state index in [1.54, 1.807) is 12.3 Å². The number of hydrogen-bond acceptors (Lipinski definition) is 7. The molecular weight excluding hydrogens is 454 g/mol. The minimum atomic E-state index is -1.23. The molecule has 1 saturated heterocycles. The summed E-state index contributed by atoms with van der Waals surface area (Å²) in [7, 11) is 0. The summed E-state index contributed by atoms with van der Waals surface area (Å²) in [6.07, 6.45) is 14.1. The number of anilines is 1. The third-order valence-corrected chi connectivity index (χ3v) is 6.70. The Kier molecular flexibility index (Phi) is 13.8. The lowest BCUT2D eigenvalue weighted by Gasteiger charge is -2.18. The first-order chi connectivity index (χ1) is 16.5. The Labute approximate surface area is 208 Å². The second-order valence-electron chi connectivity index (χ2n) is 9.27. The highest BCUT2D eigenvalue weighted by atomic mass is 32.1. The van der Waals surface area contributed by atoms with Crippen molar-refractivity contribution in [2.75, 3.05) is 11.9 Å². The Bertz CT molecular complexity index is 775. The molecule has 1 aromatic heterocycles. The van der Waals surface area contributed by atoms with Crippen LogP contribution < -0.4 is 5.32 Å². The summed E-state index contributed by atoms with van der Waals surface area (Å²) in [5, 5.41) is 32.1. The quantitative estimate of drug-likeness (QED) is 0.183. The molecule has 2 heterocycles. The number of carbonyl (C=O) groups excluding carboxylic acids is 1. The number of aromatic nitrogens is 2. The summed E-state index contributed by atoms with van der Waals surface area (Å²) in [6, 6.07) is 1.58. The Hall–Kier alpha value is -1.39. The number of amides is 1. The topological polar surface area (TPSA) is 117 Å². The zero-order valence-electron chi connectivity index (χ0n) is 20.5. The van der Waals surface area contributed by atoms with E-state index < -0.39 is 31.1 Å². The zero-order chi connectivity index (χ0) is 24.8. The van der Waals surface area contributed by atoms with Crippen LogP contribution in [-0.4, -0.2) is 55.7 Å². The molecule has 4 atom stereocenters. The fraction of sp³-hybridized carbons (Fsp3) is 0.800. The van der Waals surface area contributed by atoms with Crippen molar-refractivity contribution in [3.8, 4) is 0 Å². The second-order valence-corrected chi connectivity index (χ2v) is 9.64. The molecule has 34 heavy (non-hydrogen) atoms. The van der Waals surface area contributed by atoms with Crippen molar-refractivity contribution < 1.29 is 24.9 Å². The van der Waals surface area contributed by atoms with Crippen LogP contribution in [0, 0.1) is 4.77 Å². The van der Waals surface area contributed by atoms with Crippen LogP contribution in [-0.2, 0) is 9.53 Å². The molecule has 2 rings (SSSR count). The summed E-state index contributed by atoms with van der Waals surface area (Å²) < 4.78 is 6.98. The highest BCUT2D eigenvalue weighted by Gasteiger charge is 2.43. The van der Waals surface area contributed by atoms with Crippen LogP contribution in [0.1, 0.15) is 103 Å². The molecule has 0 radical (unpaired) electrons. The van der Waals surface area contributed by atoms with Gasteiger partial charge in [-0.05, 0) is 24.7 Å². The van der Waals surface area contributed by atoms with Gasteiger partial charge in [-0.1, -0.05) is 84.0 Å². The molecule has 4 N–H and O–H groups in total. The van der Waals surface area contributed by atoms with Crippen LogP contribution in [0.25, 0.3) is 0 Å². The Balaban J connectivity index is 1.58. The maximum absolute atomic E-state index is 12.2. The van der Waals surface area contributed by atoms with E-state index in [0.29, 0.717) is 12.2 Å². The highest BCUT2D eigenvalue weighted by molar-refractivity contribution is 7.71. The smallest absolute Gasteiger partial charge is 0.225 e. The molecule has 0 unspecified atom stereocenters. The Morgan fingerprint density at radius 1 is 1.00 bits per heavy atom. The molecule has 1 aromatic rings. The number of aliphatic hydroxyl groups excluding tert-OH is 3. The second kappa shape index (κ2) is 16.3. The van der Waals surface area contributed by atoms with E-state index in [1.165, 1.54) is 68.8 Å². The molecule has 0 aromatic carbocycles. The molecule has 1 fully saturated rings. The molecule has 0 saturated carbocycles. The van der Waals surface area contributed by atoms with Crippen LogP contribution in [0.3, 0.4) is 0 Å². The van der Waals surface area contributed by atoms with Crippen molar-refractivity contribution in [3.05, 3.63) is 17.0 Å². The summed E-state index contributed by atoms with van der Waals surface area (Å²) >= 11 is 5.26. The van der Waals surface area contributed by atoms with Crippen LogP contribution in [0.15, 0.2) is 12.3 Å². The molecule has 1 aliphatic heterocycles. The molecule has 1 aliphatic rings. The van der Waals surface area contributed by atoms with E-state index >= 15 is 0 Å². The van der Waals surface area contributed by atoms with Crippen molar-refractivity contribution >= 4 is 23.9 Å². The van der Waals surface area contributed by atoms with Gasteiger partial charge in [0.05, 0.1) is 6.61 Å². The standard InChI is InChI=1S/C25H43N3O5S/c1-2-3-4-5-6-7-8-9-10-11-12-13-14-15-21(30)26-20-16-17-28(25(34)27-20)24-23(32)22(31)19(18-29)33-24/h16-17,19,22-24,29,31-32H,2-15,18H2,1H3,(H,26,27,30,34)/t19-,22-,23+,24-/m1/s1. The predicted octanol–water partition coefficient (Wildman–Crippen LogP) is 4.64. The largest absolute Gasteiger partial charge is 0.394 e. The fourth-order valence-corrected chi connectivity index (χ4v) is 4.56. The van der Waals surface area contributed by atoms with Gasteiger partial charge < -0.3 is 25.4 Å². The fourth-order valence-electron chi connectivity index (χ4n) is 4.29. The van der Waals surface area contributed by atoms with Gasteiger partial charge in [-0.2, -0.15) is 0 Å². The van der Waals surface area contributed by atoms with Gasteiger partial charge in [0.25, 0.3) is 0 Å². The number of hydrogen-bond donors (Lipinski definition) is 4. The Morgan fingerprint density at radius 3 is 2.06 bits per heavy atom. The van der Waals surface area contributed by atoms with E-state index in [2.05, 4.69) is 17.2 Å². The number of nitrogens with zero attached hydrogens (tertiary/aromatic N) is 2. The molecule has 9 heteroatoms. The van der Waals surface area contributed by atoms with Gasteiger partial charge >= 0.3 is 0 Å². The van der Waals surface area contributed by atoms with Crippen molar-refractivity contribution in [2.45, 2.75) is 121 Å². The average Bonchev–Trinajstić information content (AvgIpc) is 3.10. The third-order valence-electron chi connectivity index (χ3n) is 6.40. The van der Waals surface area contributed by atoms with E-state index in [0.717, 1.165) is 19.3 Å². The first kappa shape index (κ1) is 28.8. The number of unbranched alkanes of at least 4 members (excludes halogenated alkanes) is 12. The molecular formula is C25H43N3O5S. The van der Waals surface area contributed by atoms with Gasteiger partial charge in [-0.25, -0.2) is 4.98 Å².